The van der Waals surface area contributed by atoms with E-state index in [1.807, 2.05) is 32.9 Å². The van der Waals surface area contributed by atoms with Crippen LogP contribution in [-0.4, -0.2) is 40.8 Å². The molecule has 1 aromatic rings. The summed E-state index contributed by atoms with van der Waals surface area (Å²) in [4.78, 5) is 36.4. The maximum absolute atomic E-state index is 12.4. The third-order valence-electron chi connectivity index (χ3n) is 4.08. The van der Waals surface area contributed by atoms with Gasteiger partial charge in [-0.15, -0.1) is 0 Å². The van der Waals surface area contributed by atoms with Gasteiger partial charge < -0.3 is 10.0 Å². The maximum atomic E-state index is 12.4. The van der Waals surface area contributed by atoms with Gasteiger partial charge in [-0.3, -0.25) is 9.59 Å². The molecular formula is C18H25NO4. The van der Waals surface area contributed by atoms with Crippen molar-refractivity contribution < 1.29 is 19.5 Å². The summed E-state index contributed by atoms with van der Waals surface area (Å²) in [6.45, 7) is 7.29. The lowest BCUT2D eigenvalue weighted by Gasteiger charge is -2.21. The Bertz CT molecular complexity index is 598. The second-order valence-electron chi connectivity index (χ2n) is 6.07. The summed E-state index contributed by atoms with van der Waals surface area (Å²) in [6.07, 6.45) is 0.872. The van der Waals surface area contributed by atoms with Crippen LogP contribution >= 0.6 is 0 Å². The average molecular weight is 319 g/mol. The monoisotopic (exact) mass is 319 g/mol. The first-order valence-electron chi connectivity index (χ1n) is 7.74. The van der Waals surface area contributed by atoms with Crippen LogP contribution < -0.4 is 0 Å². The standard InChI is InChI=1S/C18H25NO4/c1-11-9-12(2)17(13(3)10-11)15(20)7-6-8-16(21)19(5)14(4)18(22)23/h9-10,14H,6-8H2,1-5H3,(H,22,23). The summed E-state index contributed by atoms with van der Waals surface area (Å²) < 4.78 is 0. The summed E-state index contributed by atoms with van der Waals surface area (Å²) in [5.74, 6) is -1.27. The van der Waals surface area contributed by atoms with Crippen molar-refractivity contribution in [2.75, 3.05) is 7.05 Å². The number of likely N-dealkylation sites (N-methyl/N-ethyl adjacent to an activating group) is 1. The lowest BCUT2D eigenvalue weighted by molar-refractivity contribution is -0.148. The summed E-state index contributed by atoms with van der Waals surface area (Å²) in [5, 5.41) is 8.90. The van der Waals surface area contributed by atoms with E-state index in [0.717, 1.165) is 22.3 Å². The molecule has 126 valence electrons. The first-order valence-corrected chi connectivity index (χ1v) is 7.74. The van der Waals surface area contributed by atoms with Crippen molar-refractivity contribution in [1.82, 2.24) is 4.90 Å². The molecule has 0 saturated heterocycles. The first kappa shape index (κ1) is 18.9. The van der Waals surface area contributed by atoms with Crippen LogP contribution in [0.25, 0.3) is 0 Å². The van der Waals surface area contributed by atoms with Crippen LogP contribution in [0.5, 0.6) is 0 Å². The molecule has 1 rings (SSSR count). The molecule has 0 spiro atoms. The van der Waals surface area contributed by atoms with E-state index >= 15 is 0 Å². The van der Waals surface area contributed by atoms with Crippen molar-refractivity contribution >= 4 is 17.7 Å². The molecule has 0 bridgehead atoms. The van der Waals surface area contributed by atoms with Crippen molar-refractivity contribution in [3.05, 3.63) is 34.4 Å². The maximum Gasteiger partial charge on any atom is 0.326 e. The molecule has 1 N–H and O–H groups in total. The molecule has 0 aliphatic rings. The van der Waals surface area contributed by atoms with Gasteiger partial charge in [0.05, 0.1) is 0 Å². The van der Waals surface area contributed by atoms with E-state index in [1.54, 1.807) is 0 Å². The highest BCUT2D eigenvalue weighted by Crippen LogP contribution is 2.19. The van der Waals surface area contributed by atoms with E-state index in [0.29, 0.717) is 6.42 Å². The number of carboxylic acids is 1. The highest BCUT2D eigenvalue weighted by atomic mass is 16.4. The molecular weight excluding hydrogens is 294 g/mol. The molecule has 5 nitrogen and oxygen atoms in total. The van der Waals surface area contributed by atoms with E-state index in [4.69, 9.17) is 5.11 Å². The Labute approximate surface area is 137 Å². The van der Waals surface area contributed by atoms with Crippen molar-refractivity contribution in [3.63, 3.8) is 0 Å². The Kier molecular flexibility index (Phi) is 6.49. The lowest BCUT2D eigenvalue weighted by Crippen LogP contribution is -2.40. The third-order valence-corrected chi connectivity index (χ3v) is 4.08. The minimum Gasteiger partial charge on any atom is -0.480 e. The Morgan fingerprint density at radius 2 is 1.61 bits per heavy atom. The van der Waals surface area contributed by atoms with Gasteiger partial charge in [-0.25, -0.2) is 4.79 Å². The summed E-state index contributed by atoms with van der Waals surface area (Å²) in [5.41, 5.74) is 3.76. The number of amides is 1. The van der Waals surface area contributed by atoms with Gasteiger partial charge in [-0.1, -0.05) is 17.7 Å². The van der Waals surface area contributed by atoms with E-state index in [1.165, 1.54) is 18.9 Å². The van der Waals surface area contributed by atoms with Crippen LogP contribution in [0.3, 0.4) is 0 Å². The molecule has 0 aromatic heterocycles. The van der Waals surface area contributed by atoms with Crippen molar-refractivity contribution in [3.8, 4) is 0 Å². The number of hydrogen-bond acceptors (Lipinski definition) is 3. The number of aliphatic carboxylic acids is 1. The van der Waals surface area contributed by atoms with Crippen LogP contribution in [-0.2, 0) is 9.59 Å². The molecule has 1 atom stereocenters. The topological polar surface area (TPSA) is 74.7 Å². The molecule has 0 saturated carbocycles. The molecule has 23 heavy (non-hydrogen) atoms. The second kappa shape index (κ2) is 7.90. The van der Waals surface area contributed by atoms with E-state index in [9.17, 15) is 14.4 Å². The van der Waals surface area contributed by atoms with Gasteiger partial charge in [0, 0.05) is 25.5 Å². The number of hydrogen-bond donors (Lipinski definition) is 1. The lowest BCUT2D eigenvalue weighted by atomic mass is 9.94. The normalized spacial score (nSPS) is 11.9. The zero-order chi connectivity index (χ0) is 17.7. The summed E-state index contributed by atoms with van der Waals surface area (Å²) in [7, 11) is 1.47. The predicted octanol–water partition coefficient (Wildman–Crippen LogP) is 2.90. The number of carboxylic acid groups (broad SMARTS) is 1. The van der Waals surface area contributed by atoms with Crippen LogP contribution in [0.1, 0.15) is 53.2 Å². The quantitative estimate of drug-likeness (QED) is 0.784. The van der Waals surface area contributed by atoms with Crippen LogP contribution in [0.15, 0.2) is 12.1 Å². The highest BCUT2D eigenvalue weighted by Gasteiger charge is 2.21. The number of ketones is 1. The number of aryl methyl sites for hydroxylation is 3. The van der Waals surface area contributed by atoms with Gasteiger partial charge in [-0.2, -0.15) is 0 Å². The third kappa shape index (κ3) is 4.91. The minimum atomic E-state index is -1.04. The zero-order valence-corrected chi connectivity index (χ0v) is 14.5. The predicted molar refractivity (Wildman–Crippen MR) is 88.7 cm³/mol. The number of rotatable bonds is 7. The Balaban J connectivity index is 2.61. The van der Waals surface area contributed by atoms with Gasteiger partial charge in [0.25, 0.3) is 0 Å². The Hall–Kier alpha value is -2.17. The van der Waals surface area contributed by atoms with E-state index in [-0.39, 0.29) is 24.5 Å². The smallest absolute Gasteiger partial charge is 0.326 e. The van der Waals surface area contributed by atoms with Gasteiger partial charge in [0.2, 0.25) is 5.91 Å². The molecule has 1 amide bonds. The fourth-order valence-corrected chi connectivity index (χ4v) is 2.70. The van der Waals surface area contributed by atoms with Crippen LogP contribution in [0, 0.1) is 20.8 Å². The fourth-order valence-electron chi connectivity index (χ4n) is 2.70. The van der Waals surface area contributed by atoms with Crippen molar-refractivity contribution in [1.29, 1.82) is 0 Å². The zero-order valence-electron chi connectivity index (χ0n) is 14.5. The van der Waals surface area contributed by atoms with Gasteiger partial charge in [0.15, 0.2) is 5.78 Å². The fraction of sp³-hybridized carbons (Fsp3) is 0.500. The molecule has 0 aliphatic carbocycles. The molecule has 1 unspecified atom stereocenters. The first-order chi connectivity index (χ1) is 10.6. The molecule has 0 aliphatic heterocycles. The van der Waals surface area contributed by atoms with Crippen molar-refractivity contribution in [2.45, 2.75) is 53.0 Å². The largest absolute Gasteiger partial charge is 0.480 e. The molecule has 5 heteroatoms. The second-order valence-corrected chi connectivity index (χ2v) is 6.07. The average Bonchev–Trinajstić information content (AvgIpc) is 2.44. The van der Waals surface area contributed by atoms with E-state index in [2.05, 4.69) is 0 Å². The number of carbonyl (C=O) groups is 3. The molecule has 1 aromatic carbocycles. The summed E-state index contributed by atoms with van der Waals surface area (Å²) >= 11 is 0. The molecule has 0 fully saturated rings. The summed E-state index contributed by atoms with van der Waals surface area (Å²) in [6, 6.07) is 3.10. The SMILES string of the molecule is Cc1cc(C)c(C(=O)CCCC(=O)N(C)C(C)C(=O)O)c(C)c1. The molecule has 0 radical (unpaired) electrons. The van der Waals surface area contributed by atoms with E-state index < -0.39 is 12.0 Å². The van der Waals surface area contributed by atoms with Crippen LogP contribution in [0.2, 0.25) is 0 Å². The Morgan fingerprint density at radius 1 is 1.09 bits per heavy atom. The number of nitrogens with zero attached hydrogens (tertiary/aromatic N) is 1. The van der Waals surface area contributed by atoms with Crippen LogP contribution in [0.4, 0.5) is 0 Å². The number of benzene rings is 1. The number of carbonyl (C=O) groups excluding carboxylic acids is 2. The highest BCUT2D eigenvalue weighted by molar-refractivity contribution is 5.99. The molecule has 0 heterocycles. The Morgan fingerprint density at radius 3 is 2.09 bits per heavy atom. The minimum absolute atomic E-state index is 0.0294. The number of Topliss-reactive ketones (excluding diaryl/α,β-unsaturated/α-hetero) is 1. The van der Waals surface area contributed by atoms with Gasteiger partial charge in [0.1, 0.15) is 6.04 Å². The van der Waals surface area contributed by atoms with Crippen molar-refractivity contribution in [2.24, 2.45) is 0 Å². The van der Waals surface area contributed by atoms with Gasteiger partial charge >= 0.3 is 5.97 Å². The van der Waals surface area contributed by atoms with Gasteiger partial charge in [-0.05, 0) is 45.2 Å².